The number of rotatable bonds is 6. The van der Waals surface area contributed by atoms with Gasteiger partial charge in [0.2, 0.25) is 0 Å². The summed E-state index contributed by atoms with van der Waals surface area (Å²) in [7, 11) is 0. The molecule has 0 aliphatic rings. The summed E-state index contributed by atoms with van der Waals surface area (Å²) in [5.41, 5.74) is 1.43. The lowest BCUT2D eigenvalue weighted by Gasteiger charge is -2.08. The van der Waals surface area contributed by atoms with Crippen LogP contribution in [-0.2, 0) is 6.54 Å². The van der Waals surface area contributed by atoms with Gasteiger partial charge < -0.3 is 10.6 Å². The van der Waals surface area contributed by atoms with E-state index in [0.29, 0.717) is 30.5 Å². The second-order valence-corrected chi connectivity index (χ2v) is 5.10. The number of aromatic nitrogens is 3. The fraction of sp³-hybridized carbons (Fsp3) is 0.333. The number of hydrogen-bond donors (Lipinski definition) is 2. The van der Waals surface area contributed by atoms with Gasteiger partial charge in [0.25, 0.3) is 5.91 Å². The molecule has 1 amide bonds. The van der Waals surface area contributed by atoms with Crippen molar-refractivity contribution >= 4 is 11.7 Å². The third kappa shape index (κ3) is 4.83. The van der Waals surface area contributed by atoms with E-state index in [9.17, 15) is 4.79 Å². The lowest BCUT2D eigenvalue weighted by molar-refractivity contribution is 0.0943. The third-order valence-electron chi connectivity index (χ3n) is 2.78. The van der Waals surface area contributed by atoms with Gasteiger partial charge in [0.1, 0.15) is 11.5 Å². The molecule has 0 unspecified atom stereocenters. The summed E-state index contributed by atoms with van der Waals surface area (Å²) in [5, 5.41) is 5.95. The molecule has 110 valence electrons. The van der Waals surface area contributed by atoms with Crippen molar-refractivity contribution in [2.75, 3.05) is 11.9 Å². The summed E-state index contributed by atoms with van der Waals surface area (Å²) >= 11 is 0. The lowest BCUT2D eigenvalue weighted by atomic mass is 10.2. The predicted octanol–water partition coefficient (Wildman–Crippen LogP) is 1.87. The van der Waals surface area contributed by atoms with E-state index in [1.165, 1.54) is 6.20 Å². The molecule has 6 nitrogen and oxygen atoms in total. The van der Waals surface area contributed by atoms with Crippen LogP contribution in [0.4, 0.5) is 5.82 Å². The zero-order valence-corrected chi connectivity index (χ0v) is 12.2. The van der Waals surface area contributed by atoms with E-state index in [2.05, 4.69) is 25.6 Å². The van der Waals surface area contributed by atoms with Crippen molar-refractivity contribution < 1.29 is 4.79 Å². The van der Waals surface area contributed by atoms with E-state index in [1.54, 1.807) is 18.6 Å². The fourth-order valence-electron chi connectivity index (χ4n) is 1.62. The average Bonchev–Trinajstić information content (AvgIpc) is 2.52. The number of nitrogens with zero attached hydrogens (tertiary/aromatic N) is 3. The van der Waals surface area contributed by atoms with Gasteiger partial charge in [0.15, 0.2) is 0 Å². The molecule has 0 fully saturated rings. The maximum atomic E-state index is 11.8. The van der Waals surface area contributed by atoms with Gasteiger partial charge in [-0.1, -0.05) is 13.8 Å². The minimum Gasteiger partial charge on any atom is -0.365 e. The Morgan fingerprint density at radius 2 is 1.95 bits per heavy atom. The quantitative estimate of drug-likeness (QED) is 0.847. The van der Waals surface area contributed by atoms with E-state index in [-0.39, 0.29) is 5.91 Å². The number of anilines is 1. The molecule has 0 bridgehead atoms. The summed E-state index contributed by atoms with van der Waals surface area (Å²) < 4.78 is 0. The number of nitrogens with one attached hydrogen (secondary N) is 2. The SMILES string of the molecule is CC(C)CNC(=O)c1cnc(NCc2ccncc2)cn1. The molecule has 0 saturated heterocycles. The Bertz CT molecular complexity index is 568. The van der Waals surface area contributed by atoms with Crippen LogP contribution in [0.5, 0.6) is 0 Å². The van der Waals surface area contributed by atoms with E-state index in [4.69, 9.17) is 0 Å². The summed E-state index contributed by atoms with van der Waals surface area (Å²) in [6.07, 6.45) is 6.52. The van der Waals surface area contributed by atoms with Crippen LogP contribution in [0.25, 0.3) is 0 Å². The highest BCUT2D eigenvalue weighted by Gasteiger charge is 2.08. The smallest absolute Gasteiger partial charge is 0.271 e. The van der Waals surface area contributed by atoms with Gasteiger partial charge in [-0.2, -0.15) is 0 Å². The minimum absolute atomic E-state index is 0.197. The van der Waals surface area contributed by atoms with Crippen molar-refractivity contribution in [3.8, 4) is 0 Å². The Labute approximate surface area is 124 Å². The van der Waals surface area contributed by atoms with Crippen LogP contribution in [-0.4, -0.2) is 27.4 Å². The molecule has 6 heteroatoms. The van der Waals surface area contributed by atoms with Crippen molar-refractivity contribution in [3.05, 3.63) is 48.2 Å². The van der Waals surface area contributed by atoms with Gasteiger partial charge in [-0.25, -0.2) is 9.97 Å². The molecular formula is C15H19N5O. The average molecular weight is 285 g/mol. The largest absolute Gasteiger partial charge is 0.365 e. The molecular weight excluding hydrogens is 266 g/mol. The number of carbonyl (C=O) groups is 1. The molecule has 2 aromatic rings. The monoisotopic (exact) mass is 285 g/mol. The predicted molar refractivity (Wildman–Crippen MR) is 80.8 cm³/mol. The molecule has 0 radical (unpaired) electrons. The molecule has 0 aliphatic heterocycles. The zero-order valence-electron chi connectivity index (χ0n) is 12.2. The summed E-state index contributed by atoms with van der Waals surface area (Å²) in [6.45, 7) is 5.34. The Balaban J connectivity index is 1.88. The van der Waals surface area contributed by atoms with Crippen LogP contribution in [0.15, 0.2) is 36.9 Å². The molecule has 2 rings (SSSR count). The Morgan fingerprint density at radius 3 is 2.57 bits per heavy atom. The van der Waals surface area contributed by atoms with Gasteiger partial charge in [0.05, 0.1) is 12.4 Å². The molecule has 21 heavy (non-hydrogen) atoms. The first-order chi connectivity index (χ1) is 10.1. The maximum Gasteiger partial charge on any atom is 0.271 e. The first-order valence-corrected chi connectivity index (χ1v) is 6.88. The molecule has 0 atom stereocenters. The number of carbonyl (C=O) groups excluding carboxylic acids is 1. The second kappa shape index (κ2) is 7.33. The fourth-order valence-corrected chi connectivity index (χ4v) is 1.62. The van der Waals surface area contributed by atoms with E-state index in [0.717, 1.165) is 5.56 Å². The number of pyridine rings is 1. The topological polar surface area (TPSA) is 79.8 Å². The summed E-state index contributed by atoms with van der Waals surface area (Å²) in [5.74, 6) is 0.840. The first kappa shape index (κ1) is 14.9. The highest BCUT2D eigenvalue weighted by molar-refractivity contribution is 5.91. The number of hydrogen-bond acceptors (Lipinski definition) is 5. The molecule has 0 spiro atoms. The van der Waals surface area contributed by atoms with Crippen molar-refractivity contribution in [3.63, 3.8) is 0 Å². The Kier molecular flexibility index (Phi) is 5.20. The van der Waals surface area contributed by atoms with Crippen LogP contribution in [0.1, 0.15) is 29.9 Å². The summed E-state index contributed by atoms with van der Waals surface area (Å²) in [6, 6.07) is 3.85. The highest BCUT2D eigenvalue weighted by Crippen LogP contribution is 2.05. The van der Waals surface area contributed by atoms with Crippen molar-refractivity contribution in [1.29, 1.82) is 0 Å². The molecule has 0 aliphatic carbocycles. The second-order valence-electron chi connectivity index (χ2n) is 5.10. The van der Waals surface area contributed by atoms with Crippen molar-refractivity contribution in [2.24, 2.45) is 5.92 Å². The van der Waals surface area contributed by atoms with Crippen LogP contribution in [0, 0.1) is 5.92 Å². The number of amides is 1. The van der Waals surface area contributed by atoms with Crippen LogP contribution >= 0.6 is 0 Å². The van der Waals surface area contributed by atoms with Crippen molar-refractivity contribution in [2.45, 2.75) is 20.4 Å². The third-order valence-corrected chi connectivity index (χ3v) is 2.78. The highest BCUT2D eigenvalue weighted by atomic mass is 16.1. The normalized spacial score (nSPS) is 10.4. The minimum atomic E-state index is -0.197. The van der Waals surface area contributed by atoms with E-state index in [1.807, 2.05) is 26.0 Å². The molecule has 0 aromatic carbocycles. The maximum absolute atomic E-state index is 11.8. The van der Waals surface area contributed by atoms with Gasteiger partial charge >= 0.3 is 0 Å². The molecule has 2 heterocycles. The molecule has 2 aromatic heterocycles. The van der Waals surface area contributed by atoms with Gasteiger partial charge in [0, 0.05) is 25.5 Å². The van der Waals surface area contributed by atoms with E-state index >= 15 is 0 Å². The van der Waals surface area contributed by atoms with E-state index < -0.39 is 0 Å². The Hall–Kier alpha value is -2.50. The first-order valence-electron chi connectivity index (χ1n) is 6.88. The van der Waals surface area contributed by atoms with Crippen LogP contribution < -0.4 is 10.6 Å². The molecule has 2 N–H and O–H groups in total. The van der Waals surface area contributed by atoms with Crippen LogP contribution in [0.3, 0.4) is 0 Å². The van der Waals surface area contributed by atoms with Gasteiger partial charge in [-0.15, -0.1) is 0 Å². The Morgan fingerprint density at radius 1 is 1.19 bits per heavy atom. The standard InChI is InChI=1S/C15H19N5O/c1-11(2)7-20-15(21)13-9-19-14(10-17-13)18-8-12-3-5-16-6-4-12/h3-6,9-11H,7-8H2,1-2H3,(H,18,19)(H,20,21). The molecule has 0 saturated carbocycles. The van der Waals surface area contributed by atoms with Crippen molar-refractivity contribution in [1.82, 2.24) is 20.3 Å². The van der Waals surface area contributed by atoms with Gasteiger partial charge in [-0.05, 0) is 23.6 Å². The zero-order chi connectivity index (χ0) is 15.1. The van der Waals surface area contributed by atoms with Crippen LogP contribution in [0.2, 0.25) is 0 Å². The lowest BCUT2D eigenvalue weighted by Crippen LogP contribution is -2.28. The van der Waals surface area contributed by atoms with Gasteiger partial charge in [-0.3, -0.25) is 9.78 Å². The summed E-state index contributed by atoms with van der Waals surface area (Å²) in [4.78, 5) is 24.1.